The van der Waals surface area contributed by atoms with E-state index in [2.05, 4.69) is 10.3 Å². The van der Waals surface area contributed by atoms with Crippen molar-refractivity contribution in [2.45, 2.75) is 13.8 Å². The van der Waals surface area contributed by atoms with Gasteiger partial charge in [0.1, 0.15) is 0 Å². The van der Waals surface area contributed by atoms with Crippen molar-refractivity contribution in [1.82, 2.24) is 0 Å². The monoisotopic (exact) mass is 380 g/mol. The molecule has 1 aliphatic rings. The number of ether oxygens (including phenoxy) is 3. The fourth-order valence-corrected chi connectivity index (χ4v) is 2.69. The molecule has 0 radical (unpaired) electrons. The number of amides is 1. The first-order valence-corrected chi connectivity index (χ1v) is 8.72. The number of nitrogens with one attached hydrogen (secondary N) is 1. The van der Waals surface area contributed by atoms with Crippen LogP contribution in [0.1, 0.15) is 25.0 Å². The van der Waals surface area contributed by atoms with E-state index >= 15 is 0 Å². The molecule has 0 aliphatic carbocycles. The fourth-order valence-electron chi connectivity index (χ4n) is 2.69. The normalized spacial score (nSPS) is 14.5. The summed E-state index contributed by atoms with van der Waals surface area (Å²) < 4.78 is 16.3. The maximum atomic E-state index is 12.3. The van der Waals surface area contributed by atoms with Gasteiger partial charge < -0.3 is 19.5 Å². The molecule has 2 aromatic rings. The molecule has 0 unspecified atom stereocenters. The Morgan fingerprint density at radius 2 is 1.96 bits per heavy atom. The summed E-state index contributed by atoms with van der Waals surface area (Å²) in [7, 11) is 1.56. The van der Waals surface area contributed by atoms with E-state index in [9.17, 15) is 9.59 Å². The third-order valence-corrected chi connectivity index (χ3v) is 3.88. The maximum Gasteiger partial charge on any atom is 0.363 e. The van der Waals surface area contributed by atoms with Gasteiger partial charge in [0.15, 0.2) is 17.2 Å². The lowest BCUT2D eigenvalue weighted by Gasteiger charge is -2.11. The number of hydrogen-bond donors (Lipinski definition) is 1. The van der Waals surface area contributed by atoms with Gasteiger partial charge in [0, 0.05) is 23.7 Å². The summed E-state index contributed by atoms with van der Waals surface area (Å²) >= 11 is 0. The van der Waals surface area contributed by atoms with Crippen molar-refractivity contribution in [3.05, 3.63) is 59.3 Å². The lowest BCUT2D eigenvalue weighted by Crippen LogP contribution is -2.07. The summed E-state index contributed by atoms with van der Waals surface area (Å²) in [4.78, 5) is 27.7. The number of anilines is 1. The molecule has 144 valence electrons. The molecule has 1 aliphatic heterocycles. The molecule has 0 aromatic heterocycles. The predicted molar refractivity (Wildman–Crippen MR) is 106 cm³/mol. The number of carbonyl (C=O) groups is 2. The smallest absolute Gasteiger partial charge is 0.363 e. The van der Waals surface area contributed by atoms with Crippen molar-refractivity contribution in [1.29, 1.82) is 0 Å². The number of carbonyl (C=O) groups excluding carboxylic acids is 2. The second-order valence-electron chi connectivity index (χ2n) is 5.91. The first kappa shape index (κ1) is 19.2. The Bertz CT molecular complexity index is 961. The number of benzene rings is 2. The highest BCUT2D eigenvalue weighted by atomic mass is 16.6. The third-order valence-electron chi connectivity index (χ3n) is 3.88. The molecule has 0 saturated carbocycles. The van der Waals surface area contributed by atoms with Crippen LogP contribution >= 0.6 is 0 Å². The highest BCUT2D eigenvalue weighted by molar-refractivity contribution is 6.13. The molecular weight excluding hydrogens is 360 g/mol. The molecule has 7 heteroatoms. The van der Waals surface area contributed by atoms with Gasteiger partial charge in [-0.25, -0.2) is 9.79 Å². The van der Waals surface area contributed by atoms with E-state index in [1.54, 1.807) is 49.6 Å². The van der Waals surface area contributed by atoms with Crippen molar-refractivity contribution in [3.8, 4) is 11.5 Å². The van der Waals surface area contributed by atoms with Gasteiger partial charge in [-0.05, 0) is 43.3 Å². The molecule has 2 aromatic carbocycles. The van der Waals surface area contributed by atoms with Crippen LogP contribution in [0, 0.1) is 0 Å². The Kier molecular flexibility index (Phi) is 5.74. The minimum absolute atomic E-state index is 0.161. The van der Waals surface area contributed by atoms with Gasteiger partial charge in [0.25, 0.3) is 0 Å². The number of cyclic esters (lactones) is 1. The molecule has 3 rings (SSSR count). The minimum Gasteiger partial charge on any atom is -0.493 e. The summed E-state index contributed by atoms with van der Waals surface area (Å²) in [5.41, 5.74) is 2.10. The zero-order valence-electron chi connectivity index (χ0n) is 15.8. The van der Waals surface area contributed by atoms with E-state index in [0.717, 1.165) is 0 Å². The molecule has 1 amide bonds. The van der Waals surface area contributed by atoms with Gasteiger partial charge in [0.2, 0.25) is 11.8 Å². The quantitative estimate of drug-likeness (QED) is 0.613. The largest absolute Gasteiger partial charge is 0.493 e. The van der Waals surface area contributed by atoms with Gasteiger partial charge >= 0.3 is 5.97 Å². The van der Waals surface area contributed by atoms with Gasteiger partial charge in [-0.15, -0.1) is 0 Å². The molecule has 28 heavy (non-hydrogen) atoms. The zero-order chi connectivity index (χ0) is 20.1. The molecule has 1 heterocycles. The van der Waals surface area contributed by atoms with Crippen LogP contribution < -0.4 is 14.8 Å². The van der Waals surface area contributed by atoms with E-state index in [4.69, 9.17) is 14.2 Å². The van der Waals surface area contributed by atoms with E-state index in [1.807, 2.05) is 13.0 Å². The van der Waals surface area contributed by atoms with E-state index < -0.39 is 5.97 Å². The summed E-state index contributed by atoms with van der Waals surface area (Å²) in [6.07, 6.45) is 1.61. The first-order chi connectivity index (χ1) is 13.5. The Balaban J connectivity index is 1.91. The van der Waals surface area contributed by atoms with Crippen LogP contribution in [0.2, 0.25) is 0 Å². The van der Waals surface area contributed by atoms with Crippen LogP contribution in [0.5, 0.6) is 11.5 Å². The van der Waals surface area contributed by atoms with Gasteiger partial charge in [-0.3, -0.25) is 4.79 Å². The lowest BCUT2D eigenvalue weighted by molar-refractivity contribution is -0.129. The van der Waals surface area contributed by atoms with Crippen LogP contribution in [0.4, 0.5) is 5.69 Å². The first-order valence-electron chi connectivity index (χ1n) is 8.72. The summed E-state index contributed by atoms with van der Waals surface area (Å²) in [5, 5.41) is 2.68. The van der Waals surface area contributed by atoms with Crippen molar-refractivity contribution in [2.24, 2.45) is 4.99 Å². The second kappa shape index (κ2) is 8.39. The van der Waals surface area contributed by atoms with Crippen LogP contribution in [0.3, 0.4) is 0 Å². The molecule has 0 bridgehead atoms. The molecule has 0 saturated heterocycles. The number of nitrogens with zero attached hydrogens (tertiary/aromatic N) is 1. The average molecular weight is 380 g/mol. The highest BCUT2D eigenvalue weighted by Crippen LogP contribution is 2.33. The number of methoxy groups -OCH3 is 1. The topological polar surface area (TPSA) is 86.2 Å². The van der Waals surface area contributed by atoms with Gasteiger partial charge in [-0.1, -0.05) is 12.1 Å². The molecular formula is C21H20N2O5. The standard InChI is InChI=1S/C21H20N2O5/c1-4-27-19-15(6-5-7-18(19)26-3)12-17-21(25)28-20(23-17)14-8-10-16(11-9-14)22-13(2)24/h5-12H,4H2,1-3H3,(H,22,24)/b17-12-. The highest BCUT2D eigenvalue weighted by Gasteiger charge is 2.25. The van der Waals surface area contributed by atoms with Crippen LogP contribution in [0.15, 0.2) is 53.2 Å². The number of aliphatic imine (C=N–C) groups is 1. The molecule has 0 spiro atoms. The number of esters is 1. The molecule has 0 fully saturated rings. The SMILES string of the molecule is CCOc1c(/C=C2\N=C(c3ccc(NC(C)=O)cc3)OC2=O)cccc1OC. The van der Waals surface area contributed by atoms with E-state index in [-0.39, 0.29) is 17.5 Å². The maximum absolute atomic E-state index is 12.3. The Morgan fingerprint density at radius 3 is 2.61 bits per heavy atom. The Morgan fingerprint density at radius 1 is 1.21 bits per heavy atom. The summed E-state index contributed by atoms with van der Waals surface area (Å²) in [6, 6.07) is 12.3. The van der Waals surface area contributed by atoms with Crippen LogP contribution in [0.25, 0.3) is 6.08 Å². The summed E-state index contributed by atoms with van der Waals surface area (Å²) in [5.74, 6) is 0.597. The third kappa shape index (κ3) is 4.20. The van der Waals surface area contributed by atoms with Gasteiger partial charge in [0.05, 0.1) is 13.7 Å². The Labute approximate surface area is 162 Å². The number of para-hydroxylation sites is 1. The van der Waals surface area contributed by atoms with Crippen molar-refractivity contribution < 1.29 is 23.8 Å². The van der Waals surface area contributed by atoms with Gasteiger partial charge in [-0.2, -0.15) is 0 Å². The summed E-state index contributed by atoms with van der Waals surface area (Å²) in [6.45, 7) is 3.76. The molecule has 7 nitrogen and oxygen atoms in total. The zero-order valence-corrected chi connectivity index (χ0v) is 15.8. The van der Waals surface area contributed by atoms with E-state index in [0.29, 0.717) is 34.9 Å². The second-order valence-corrected chi connectivity index (χ2v) is 5.91. The lowest BCUT2D eigenvalue weighted by atomic mass is 10.1. The molecule has 1 N–H and O–H groups in total. The predicted octanol–water partition coefficient (Wildman–Crippen LogP) is 3.40. The Hall–Kier alpha value is -3.61. The van der Waals surface area contributed by atoms with E-state index in [1.165, 1.54) is 6.92 Å². The van der Waals surface area contributed by atoms with Crippen molar-refractivity contribution in [2.75, 3.05) is 19.0 Å². The van der Waals surface area contributed by atoms with Crippen molar-refractivity contribution in [3.63, 3.8) is 0 Å². The average Bonchev–Trinajstić information content (AvgIpc) is 3.04. The molecule has 0 atom stereocenters. The fraction of sp³-hybridized carbons (Fsp3) is 0.190. The van der Waals surface area contributed by atoms with Crippen LogP contribution in [-0.4, -0.2) is 31.5 Å². The number of rotatable bonds is 6. The number of hydrogen-bond acceptors (Lipinski definition) is 6. The van der Waals surface area contributed by atoms with Crippen molar-refractivity contribution >= 4 is 29.5 Å². The van der Waals surface area contributed by atoms with Crippen LogP contribution in [-0.2, 0) is 14.3 Å². The minimum atomic E-state index is -0.550.